The van der Waals surface area contributed by atoms with Crippen molar-refractivity contribution in [2.75, 3.05) is 0 Å². The highest BCUT2D eigenvalue weighted by Crippen LogP contribution is 2.63. The molecule has 4 nitrogen and oxygen atoms in total. The minimum atomic E-state index is -0.225. The maximum absolute atomic E-state index is 13.8. The second kappa shape index (κ2) is 7.21. The van der Waals surface area contributed by atoms with Crippen molar-refractivity contribution in [3.8, 4) is 6.07 Å². The maximum Gasteiger partial charge on any atom is 0.251 e. The molecule has 0 radical (unpaired) electrons. The molecule has 1 aromatic heterocycles. The van der Waals surface area contributed by atoms with Crippen LogP contribution in [0, 0.1) is 34.9 Å². The van der Waals surface area contributed by atoms with E-state index in [1.54, 1.807) is 36.4 Å². The van der Waals surface area contributed by atoms with Gasteiger partial charge >= 0.3 is 0 Å². The van der Waals surface area contributed by atoms with Gasteiger partial charge in [0.2, 0.25) is 0 Å². The van der Waals surface area contributed by atoms with Crippen LogP contribution in [0.2, 0.25) is 0 Å². The lowest BCUT2D eigenvalue weighted by Crippen LogP contribution is -2.35. The average molecular weight is 399 g/mol. The number of nitriles is 1. The van der Waals surface area contributed by atoms with Gasteiger partial charge in [0.25, 0.3) is 5.91 Å². The number of amides is 1. The van der Waals surface area contributed by atoms with Gasteiger partial charge in [-0.3, -0.25) is 9.78 Å². The van der Waals surface area contributed by atoms with E-state index in [4.69, 9.17) is 5.26 Å². The normalized spacial score (nSPS) is 25.4. The Bertz CT molecular complexity index is 1160. The third-order valence-electron chi connectivity index (χ3n) is 6.90. The van der Waals surface area contributed by atoms with Gasteiger partial charge in [0.05, 0.1) is 17.1 Å². The number of pyridine rings is 1. The van der Waals surface area contributed by atoms with E-state index in [0.29, 0.717) is 34.8 Å². The lowest BCUT2D eigenvalue weighted by molar-refractivity contribution is 0.0933. The predicted molar refractivity (Wildman–Crippen MR) is 112 cm³/mol. The number of hydrogen-bond donors (Lipinski definition) is 1. The van der Waals surface area contributed by atoms with Crippen molar-refractivity contribution in [3.63, 3.8) is 0 Å². The molecule has 2 unspecified atom stereocenters. The molecule has 30 heavy (non-hydrogen) atoms. The third-order valence-corrected chi connectivity index (χ3v) is 6.90. The van der Waals surface area contributed by atoms with Crippen molar-refractivity contribution >= 4 is 16.8 Å². The molecule has 2 aliphatic rings. The fraction of sp³-hybridized carbons (Fsp3) is 0.320. The quantitative estimate of drug-likeness (QED) is 0.685. The summed E-state index contributed by atoms with van der Waals surface area (Å²) in [5.74, 6) is 1.80. The first-order chi connectivity index (χ1) is 14.5. The fourth-order valence-corrected chi connectivity index (χ4v) is 5.47. The van der Waals surface area contributed by atoms with Gasteiger partial charge in [-0.15, -0.1) is 0 Å². The first kappa shape index (κ1) is 18.7. The van der Waals surface area contributed by atoms with Crippen LogP contribution in [-0.4, -0.2) is 16.9 Å². The van der Waals surface area contributed by atoms with Crippen LogP contribution in [0.1, 0.15) is 47.2 Å². The molecule has 0 bridgehead atoms. The number of rotatable bonds is 4. The summed E-state index contributed by atoms with van der Waals surface area (Å²) in [4.78, 5) is 16.9. The second-order valence-corrected chi connectivity index (χ2v) is 8.59. The minimum absolute atomic E-state index is 0.0934. The van der Waals surface area contributed by atoms with Gasteiger partial charge in [0.1, 0.15) is 5.82 Å². The first-order valence-electron chi connectivity index (χ1n) is 10.4. The molecule has 5 atom stereocenters. The van der Waals surface area contributed by atoms with Crippen molar-refractivity contribution in [3.05, 3.63) is 77.2 Å². The van der Waals surface area contributed by atoms with Crippen LogP contribution in [0.4, 0.5) is 4.39 Å². The molecular weight excluding hydrogens is 377 g/mol. The summed E-state index contributed by atoms with van der Waals surface area (Å²) in [6.07, 6.45) is 3.96. The number of fused-ring (bicyclic) bond motifs is 2. The van der Waals surface area contributed by atoms with Crippen LogP contribution in [0.3, 0.4) is 0 Å². The summed E-state index contributed by atoms with van der Waals surface area (Å²) in [6, 6.07) is 15.7. The summed E-state index contributed by atoms with van der Waals surface area (Å²) in [6.45, 7) is 2.08. The molecule has 2 aromatic carbocycles. The molecule has 2 fully saturated rings. The zero-order chi connectivity index (χ0) is 20.8. The summed E-state index contributed by atoms with van der Waals surface area (Å²) in [7, 11) is 0. The van der Waals surface area contributed by atoms with E-state index >= 15 is 0 Å². The molecule has 2 aliphatic carbocycles. The Morgan fingerprint density at radius 3 is 2.60 bits per heavy atom. The van der Waals surface area contributed by atoms with Gasteiger partial charge in [-0.25, -0.2) is 4.39 Å². The number of nitrogens with zero attached hydrogens (tertiary/aromatic N) is 2. The van der Waals surface area contributed by atoms with Crippen LogP contribution in [-0.2, 0) is 0 Å². The van der Waals surface area contributed by atoms with E-state index in [-0.39, 0.29) is 17.8 Å². The van der Waals surface area contributed by atoms with E-state index in [1.807, 2.05) is 12.3 Å². The molecule has 0 saturated heterocycles. The molecule has 3 aromatic rings. The maximum atomic E-state index is 13.8. The molecular formula is C25H22FN3O. The van der Waals surface area contributed by atoms with Gasteiger partial charge in [-0.1, -0.05) is 0 Å². The number of carbonyl (C=O) groups is 1. The summed E-state index contributed by atoms with van der Waals surface area (Å²) in [5, 5.41) is 12.9. The predicted octanol–water partition coefficient (Wildman–Crippen LogP) is 4.80. The molecule has 5 rings (SSSR count). The van der Waals surface area contributed by atoms with Gasteiger partial charge in [0, 0.05) is 23.2 Å². The molecule has 1 amide bonds. The number of hydrogen-bond acceptors (Lipinski definition) is 3. The first-order valence-corrected chi connectivity index (χ1v) is 10.4. The molecule has 0 aliphatic heterocycles. The van der Waals surface area contributed by atoms with E-state index in [1.165, 1.54) is 11.6 Å². The van der Waals surface area contributed by atoms with Crippen molar-refractivity contribution in [1.29, 1.82) is 5.26 Å². The zero-order valence-corrected chi connectivity index (χ0v) is 16.7. The molecule has 1 N–H and O–H groups in total. The van der Waals surface area contributed by atoms with Crippen molar-refractivity contribution in [2.45, 2.75) is 31.7 Å². The highest BCUT2D eigenvalue weighted by Gasteiger charge is 2.58. The zero-order valence-electron chi connectivity index (χ0n) is 16.7. The van der Waals surface area contributed by atoms with Crippen molar-refractivity contribution < 1.29 is 9.18 Å². The second-order valence-electron chi connectivity index (χ2n) is 8.59. The monoisotopic (exact) mass is 399 g/mol. The van der Waals surface area contributed by atoms with Gasteiger partial charge in [-0.05, 0) is 97.5 Å². The van der Waals surface area contributed by atoms with Crippen molar-refractivity contribution in [1.82, 2.24) is 10.3 Å². The lowest BCUT2D eigenvalue weighted by Gasteiger charge is -2.20. The van der Waals surface area contributed by atoms with E-state index < -0.39 is 0 Å². The Balaban J connectivity index is 1.24. The van der Waals surface area contributed by atoms with Crippen LogP contribution in [0.5, 0.6) is 0 Å². The largest absolute Gasteiger partial charge is 0.349 e. The Kier molecular flexibility index (Phi) is 4.51. The van der Waals surface area contributed by atoms with Gasteiger partial charge < -0.3 is 5.32 Å². The third kappa shape index (κ3) is 3.23. The molecule has 5 heteroatoms. The van der Waals surface area contributed by atoms with Gasteiger partial charge in [0.15, 0.2) is 0 Å². The minimum Gasteiger partial charge on any atom is -0.349 e. The Hall–Kier alpha value is -3.26. The Morgan fingerprint density at radius 2 is 1.90 bits per heavy atom. The Morgan fingerprint density at radius 1 is 1.17 bits per heavy atom. The fourth-order valence-electron chi connectivity index (χ4n) is 5.47. The lowest BCUT2D eigenvalue weighted by atomic mass is 9.88. The number of carbonyl (C=O) groups excluding carboxylic acids is 1. The highest BCUT2D eigenvalue weighted by molar-refractivity contribution is 5.94. The number of nitrogens with one attached hydrogen (secondary N) is 1. The number of benzene rings is 2. The summed E-state index contributed by atoms with van der Waals surface area (Å²) in [5.41, 5.74) is 3.16. The van der Waals surface area contributed by atoms with Crippen LogP contribution in [0.25, 0.3) is 10.9 Å². The Labute approximate surface area is 174 Å². The molecule has 1 heterocycles. The standard InChI is InChI=1S/C25H22FN3O/c1-14(29-25(30)16-4-2-15(13-27)3-5-16)24-21-10-17(11-22(21)24)19-8-9-28-23-7-6-18(26)12-20(19)23/h2-9,12,14,17,21-22,24H,10-11H2,1H3,(H,29,30)/t14-,17?,21-,22+,24?/m1/s1. The van der Waals surface area contributed by atoms with Crippen LogP contribution >= 0.6 is 0 Å². The summed E-state index contributed by atoms with van der Waals surface area (Å²) < 4.78 is 13.8. The number of aromatic nitrogens is 1. The van der Waals surface area contributed by atoms with E-state index in [9.17, 15) is 9.18 Å². The molecule has 0 spiro atoms. The summed E-state index contributed by atoms with van der Waals surface area (Å²) >= 11 is 0. The van der Waals surface area contributed by atoms with E-state index in [2.05, 4.69) is 23.3 Å². The van der Waals surface area contributed by atoms with Gasteiger partial charge in [-0.2, -0.15) is 5.26 Å². The smallest absolute Gasteiger partial charge is 0.251 e. The molecule has 150 valence electrons. The van der Waals surface area contributed by atoms with E-state index in [0.717, 1.165) is 23.7 Å². The van der Waals surface area contributed by atoms with Crippen molar-refractivity contribution in [2.24, 2.45) is 17.8 Å². The topological polar surface area (TPSA) is 65.8 Å². The molecule has 2 saturated carbocycles. The SMILES string of the molecule is C[C@@H](NC(=O)c1ccc(C#N)cc1)C1[C@H]2CC(c3ccnc4ccc(F)cc34)C[C@@H]12. The van der Waals surface area contributed by atoms with Crippen LogP contribution < -0.4 is 5.32 Å². The number of halogens is 1. The highest BCUT2D eigenvalue weighted by atomic mass is 19.1. The van der Waals surface area contributed by atoms with Crippen LogP contribution in [0.15, 0.2) is 54.7 Å². The average Bonchev–Trinajstić information content (AvgIpc) is 3.27.